The maximum absolute atomic E-state index is 6.23. The van der Waals surface area contributed by atoms with Gasteiger partial charge in [0, 0.05) is 17.6 Å². The molecule has 3 aliphatic rings. The highest BCUT2D eigenvalue weighted by Gasteiger charge is 2.46. The molecule has 1 aliphatic carbocycles. The molecular weight excluding hydrogens is 334 g/mol. The molecule has 27 heavy (non-hydrogen) atoms. The lowest BCUT2D eigenvalue weighted by Crippen LogP contribution is -2.42. The Morgan fingerprint density at radius 1 is 1.07 bits per heavy atom. The second-order valence-electron chi connectivity index (χ2n) is 7.99. The van der Waals surface area contributed by atoms with Gasteiger partial charge in [-0.3, -0.25) is 4.90 Å². The fourth-order valence-electron chi connectivity index (χ4n) is 4.88. The minimum atomic E-state index is 0.199. The van der Waals surface area contributed by atoms with E-state index in [1.54, 1.807) is 0 Å². The number of nitrogens with zero attached hydrogens (tertiary/aromatic N) is 3. The minimum Gasteiger partial charge on any atom is -0.420 e. The molecule has 0 saturated carbocycles. The average molecular weight is 359 g/mol. The van der Waals surface area contributed by atoms with Gasteiger partial charge < -0.3 is 4.42 Å². The van der Waals surface area contributed by atoms with Gasteiger partial charge >= 0.3 is 0 Å². The highest BCUT2D eigenvalue weighted by Crippen LogP contribution is 2.48. The second-order valence-corrected chi connectivity index (χ2v) is 7.99. The van der Waals surface area contributed by atoms with Gasteiger partial charge in [-0.05, 0) is 57.4 Å². The van der Waals surface area contributed by atoms with E-state index in [0.717, 1.165) is 24.3 Å². The zero-order valence-electron chi connectivity index (χ0n) is 15.9. The van der Waals surface area contributed by atoms with Crippen LogP contribution in [0.3, 0.4) is 0 Å². The summed E-state index contributed by atoms with van der Waals surface area (Å²) in [5, 5.41) is 8.88. The normalized spacial score (nSPS) is 30.6. The first-order valence-corrected chi connectivity index (χ1v) is 9.88. The molecule has 2 bridgehead atoms. The van der Waals surface area contributed by atoms with Crippen LogP contribution in [0.1, 0.15) is 44.4 Å². The van der Waals surface area contributed by atoms with Crippen LogP contribution in [-0.4, -0.2) is 34.2 Å². The number of allylic oxidation sites excluding steroid dienone is 5. The topological polar surface area (TPSA) is 42.2 Å². The van der Waals surface area contributed by atoms with E-state index in [9.17, 15) is 0 Å². The Morgan fingerprint density at radius 2 is 1.93 bits per heavy atom. The Balaban J connectivity index is 1.56. The first kappa shape index (κ1) is 16.7. The standard InChI is InChI=1S/C23H25N3O/c1-15-8-10-16(11-9-15)19-14-18-12-13-20(26(18)2)21(19)23-25-24-22(27-23)17-6-4-3-5-7-17/h3-10,18,20-21H,11-14H2,1-2H3/b19-16-. The molecule has 5 rings (SSSR count). The van der Waals surface area contributed by atoms with Gasteiger partial charge in [0.25, 0.3) is 0 Å². The molecule has 3 unspecified atom stereocenters. The lowest BCUT2D eigenvalue weighted by Gasteiger charge is -2.39. The van der Waals surface area contributed by atoms with Gasteiger partial charge in [0.05, 0.1) is 5.92 Å². The van der Waals surface area contributed by atoms with Crippen LogP contribution in [0.15, 0.2) is 69.7 Å². The number of likely N-dealkylation sites (N-methyl/N-ethyl adjacent to an activating group) is 1. The van der Waals surface area contributed by atoms with Gasteiger partial charge in [0.2, 0.25) is 11.8 Å². The van der Waals surface area contributed by atoms with Gasteiger partial charge in [-0.15, -0.1) is 10.2 Å². The molecule has 4 nitrogen and oxygen atoms in total. The Morgan fingerprint density at radius 3 is 2.70 bits per heavy atom. The molecular formula is C23H25N3O. The van der Waals surface area contributed by atoms with E-state index in [2.05, 4.69) is 47.3 Å². The third-order valence-corrected chi connectivity index (χ3v) is 6.44. The van der Waals surface area contributed by atoms with Crippen LogP contribution in [0.5, 0.6) is 0 Å². The van der Waals surface area contributed by atoms with Crippen molar-refractivity contribution >= 4 is 0 Å². The fourth-order valence-corrected chi connectivity index (χ4v) is 4.88. The molecule has 0 N–H and O–H groups in total. The Labute approximate surface area is 160 Å². The largest absolute Gasteiger partial charge is 0.420 e. The van der Waals surface area contributed by atoms with Crippen molar-refractivity contribution in [3.8, 4) is 11.5 Å². The van der Waals surface area contributed by atoms with Gasteiger partial charge in [0.1, 0.15) is 0 Å². The SMILES string of the molecule is CC1=CC/C(=C2/CC3CCC(C2c2nnc(-c4ccccc4)o2)N3C)C=C1. The third-order valence-electron chi connectivity index (χ3n) is 6.44. The maximum atomic E-state index is 6.23. The van der Waals surface area contributed by atoms with E-state index in [0.29, 0.717) is 18.0 Å². The van der Waals surface area contributed by atoms with Crippen LogP contribution in [0.25, 0.3) is 11.5 Å². The van der Waals surface area contributed by atoms with E-state index >= 15 is 0 Å². The Hall–Kier alpha value is -2.46. The summed E-state index contributed by atoms with van der Waals surface area (Å²) < 4.78 is 6.23. The second kappa shape index (κ2) is 6.61. The van der Waals surface area contributed by atoms with Crippen LogP contribution >= 0.6 is 0 Å². The molecule has 2 aromatic rings. The predicted octanol–water partition coefficient (Wildman–Crippen LogP) is 4.89. The summed E-state index contributed by atoms with van der Waals surface area (Å²) >= 11 is 0. The summed E-state index contributed by atoms with van der Waals surface area (Å²) in [6, 6.07) is 11.2. The van der Waals surface area contributed by atoms with Crippen LogP contribution < -0.4 is 0 Å². The zero-order valence-corrected chi connectivity index (χ0v) is 15.9. The zero-order chi connectivity index (χ0) is 18.4. The molecule has 2 saturated heterocycles. The highest BCUT2D eigenvalue weighted by molar-refractivity contribution is 5.52. The van der Waals surface area contributed by atoms with Gasteiger partial charge in [-0.25, -0.2) is 0 Å². The number of fused-ring (bicyclic) bond motifs is 2. The number of rotatable bonds is 2. The highest BCUT2D eigenvalue weighted by atomic mass is 16.4. The molecule has 2 fully saturated rings. The quantitative estimate of drug-likeness (QED) is 0.766. The van der Waals surface area contributed by atoms with Crippen LogP contribution in [-0.2, 0) is 0 Å². The summed E-state index contributed by atoms with van der Waals surface area (Å²) in [7, 11) is 2.26. The molecule has 0 spiro atoms. The van der Waals surface area contributed by atoms with Gasteiger partial charge in [0.15, 0.2) is 0 Å². The molecule has 4 heteroatoms. The molecule has 0 amide bonds. The summed E-state index contributed by atoms with van der Waals surface area (Å²) in [6.45, 7) is 2.16. The molecule has 3 heterocycles. The van der Waals surface area contributed by atoms with Crippen LogP contribution in [0, 0.1) is 0 Å². The van der Waals surface area contributed by atoms with Crippen molar-refractivity contribution in [3.05, 3.63) is 71.2 Å². The van der Waals surface area contributed by atoms with Crippen molar-refractivity contribution in [1.29, 1.82) is 0 Å². The van der Waals surface area contributed by atoms with Crippen LogP contribution in [0.4, 0.5) is 0 Å². The number of hydrogen-bond donors (Lipinski definition) is 0. The van der Waals surface area contributed by atoms with Gasteiger partial charge in [-0.1, -0.05) is 47.6 Å². The lowest BCUT2D eigenvalue weighted by atomic mass is 9.80. The van der Waals surface area contributed by atoms with Crippen LogP contribution in [0.2, 0.25) is 0 Å². The Bertz CT molecular complexity index is 938. The van der Waals surface area contributed by atoms with Crippen molar-refractivity contribution in [1.82, 2.24) is 15.1 Å². The monoisotopic (exact) mass is 359 g/mol. The van der Waals surface area contributed by atoms with Crippen molar-refractivity contribution in [2.75, 3.05) is 7.05 Å². The summed E-state index contributed by atoms with van der Waals surface area (Å²) in [4.78, 5) is 2.54. The molecule has 3 atom stereocenters. The van der Waals surface area contributed by atoms with E-state index in [4.69, 9.17) is 4.42 Å². The van der Waals surface area contributed by atoms with Crippen molar-refractivity contribution in [2.45, 2.75) is 50.6 Å². The Kier molecular flexibility index (Phi) is 4.09. The lowest BCUT2D eigenvalue weighted by molar-refractivity contribution is 0.177. The summed E-state index contributed by atoms with van der Waals surface area (Å²) in [5.41, 5.74) is 5.27. The first-order chi connectivity index (χ1) is 13.2. The van der Waals surface area contributed by atoms with E-state index in [-0.39, 0.29) is 5.92 Å². The number of piperidine rings is 1. The van der Waals surface area contributed by atoms with E-state index < -0.39 is 0 Å². The molecule has 0 radical (unpaired) electrons. The summed E-state index contributed by atoms with van der Waals surface area (Å²) in [5.74, 6) is 1.59. The van der Waals surface area contributed by atoms with E-state index in [1.807, 2.05) is 30.3 Å². The third kappa shape index (κ3) is 2.88. The maximum Gasteiger partial charge on any atom is 0.247 e. The first-order valence-electron chi connectivity index (χ1n) is 9.88. The average Bonchev–Trinajstić information content (AvgIpc) is 3.26. The molecule has 2 aliphatic heterocycles. The van der Waals surface area contributed by atoms with Crippen molar-refractivity contribution in [3.63, 3.8) is 0 Å². The smallest absolute Gasteiger partial charge is 0.247 e. The van der Waals surface area contributed by atoms with Gasteiger partial charge in [-0.2, -0.15) is 0 Å². The minimum absolute atomic E-state index is 0.199. The van der Waals surface area contributed by atoms with Crippen molar-refractivity contribution in [2.24, 2.45) is 0 Å². The molecule has 1 aromatic heterocycles. The molecule has 138 valence electrons. The fraction of sp³-hybridized carbons (Fsp3) is 0.391. The van der Waals surface area contributed by atoms with Crippen molar-refractivity contribution < 1.29 is 4.42 Å². The number of benzene rings is 1. The van der Waals surface area contributed by atoms with E-state index in [1.165, 1.54) is 29.6 Å². The molecule has 1 aromatic carbocycles. The number of aromatic nitrogens is 2. The predicted molar refractivity (Wildman–Crippen MR) is 106 cm³/mol. The summed E-state index contributed by atoms with van der Waals surface area (Å²) in [6.07, 6.45) is 11.4. The number of hydrogen-bond acceptors (Lipinski definition) is 4.